The van der Waals surface area contributed by atoms with Crippen LogP contribution in [0.3, 0.4) is 0 Å². The Hall–Kier alpha value is -2.93. The molecule has 0 saturated heterocycles. The van der Waals surface area contributed by atoms with Crippen molar-refractivity contribution in [3.05, 3.63) is 76.8 Å². The Labute approximate surface area is 196 Å². The number of anilines is 2. The van der Waals surface area contributed by atoms with Gasteiger partial charge < -0.3 is 16.4 Å². The molecule has 0 heterocycles. The Morgan fingerprint density at radius 1 is 1.18 bits per heavy atom. The van der Waals surface area contributed by atoms with Gasteiger partial charge in [-0.05, 0) is 61.4 Å². The van der Waals surface area contributed by atoms with E-state index in [0.29, 0.717) is 11.6 Å². The first-order valence-corrected chi connectivity index (χ1v) is 11.2. The number of rotatable bonds is 7. The Morgan fingerprint density at radius 2 is 1.91 bits per heavy atom. The molecule has 1 aliphatic rings. The second kappa shape index (κ2) is 10.8. The molecule has 0 radical (unpaired) electrons. The fourth-order valence-electron chi connectivity index (χ4n) is 3.96. The minimum absolute atomic E-state index is 0.00106. The first-order chi connectivity index (χ1) is 15.7. The lowest BCUT2D eigenvalue weighted by molar-refractivity contribution is -0.137. The molecule has 1 saturated carbocycles. The van der Waals surface area contributed by atoms with E-state index in [1.165, 1.54) is 0 Å². The van der Waals surface area contributed by atoms with E-state index in [9.17, 15) is 18.0 Å². The average Bonchev–Trinajstić information content (AvgIpc) is 2.78. The monoisotopic (exact) mass is 477 g/mol. The van der Waals surface area contributed by atoms with Crippen LogP contribution in [0.5, 0.6) is 0 Å². The molecule has 0 aromatic heterocycles. The van der Waals surface area contributed by atoms with Gasteiger partial charge in [0.05, 0.1) is 27.5 Å². The third kappa shape index (κ3) is 6.54. The normalized spacial score (nSPS) is 18.8. The molecule has 4 N–H and O–H groups in total. The molecule has 0 bridgehead atoms. The number of carbonyl (C=O) groups excluding carboxylic acids is 1. The smallest absolute Gasteiger partial charge is 0.397 e. The number of hydrogen-bond donors (Lipinski definition) is 3. The summed E-state index contributed by atoms with van der Waals surface area (Å²) < 4.78 is 38.9. The van der Waals surface area contributed by atoms with Crippen molar-refractivity contribution in [2.75, 3.05) is 17.6 Å². The number of hydrogen-bond acceptors (Lipinski definition) is 3. The number of alkyl halides is 3. The SMILES string of the molecule is C=C/C=C\c1cccc(NC[C@H]2CC[C@H](NC(=O)c3cc(C(F)(F)F)ccc3Cl)CC2)c1N. The molecule has 2 aromatic rings. The van der Waals surface area contributed by atoms with Gasteiger partial charge in [0.2, 0.25) is 0 Å². The Kier molecular flexibility index (Phi) is 8.08. The first-order valence-electron chi connectivity index (χ1n) is 10.8. The van der Waals surface area contributed by atoms with Crippen molar-refractivity contribution in [1.82, 2.24) is 5.32 Å². The minimum atomic E-state index is -4.53. The lowest BCUT2D eigenvalue weighted by Crippen LogP contribution is -2.38. The molecule has 1 aliphatic carbocycles. The van der Waals surface area contributed by atoms with Gasteiger partial charge in [-0.15, -0.1) is 0 Å². The highest BCUT2D eigenvalue weighted by Gasteiger charge is 2.32. The van der Waals surface area contributed by atoms with Gasteiger partial charge >= 0.3 is 6.18 Å². The third-order valence-corrected chi connectivity index (χ3v) is 6.18. The van der Waals surface area contributed by atoms with Crippen LogP contribution in [0.1, 0.15) is 47.2 Å². The number of benzene rings is 2. The molecule has 3 rings (SSSR count). The fourth-order valence-corrected chi connectivity index (χ4v) is 4.16. The van der Waals surface area contributed by atoms with E-state index in [2.05, 4.69) is 17.2 Å². The number of para-hydroxylation sites is 1. The lowest BCUT2D eigenvalue weighted by atomic mass is 9.85. The number of nitrogens with two attached hydrogens (primary N) is 1. The van der Waals surface area contributed by atoms with E-state index in [1.54, 1.807) is 6.08 Å². The number of nitrogens with one attached hydrogen (secondary N) is 2. The van der Waals surface area contributed by atoms with Gasteiger partial charge in [0.15, 0.2) is 0 Å². The number of amides is 1. The summed E-state index contributed by atoms with van der Waals surface area (Å²) in [6, 6.07) is 8.49. The maximum Gasteiger partial charge on any atom is 0.416 e. The van der Waals surface area contributed by atoms with Crippen LogP contribution in [0.4, 0.5) is 24.5 Å². The van der Waals surface area contributed by atoms with Crippen LogP contribution in [0.25, 0.3) is 6.08 Å². The van der Waals surface area contributed by atoms with Gasteiger partial charge in [0, 0.05) is 12.6 Å². The van der Waals surface area contributed by atoms with Crippen molar-refractivity contribution < 1.29 is 18.0 Å². The average molecular weight is 478 g/mol. The highest BCUT2D eigenvalue weighted by molar-refractivity contribution is 6.33. The maximum atomic E-state index is 13.0. The van der Waals surface area contributed by atoms with Gasteiger partial charge in [-0.1, -0.05) is 48.5 Å². The summed E-state index contributed by atoms with van der Waals surface area (Å²) in [4.78, 5) is 12.5. The van der Waals surface area contributed by atoms with Crippen LogP contribution in [-0.2, 0) is 6.18 Å². The lowest BCUT2D eigenvalue weighted by Gasteiger charge is -2.29. The summed E-state index contributed by atoms with van der Waals surface area (Å²) in [6.07, 6.45) is 4.13. The van der Waals surface area contributed by atoms with Crippen LogP contribution in [0, 0.1) is 5.92 Å². The standard InChI is InChI=1S/C25H27ClF3N3O/c1-2-3-5-17-6-4-7-22(23(17)30)31-15-16-8-11-19(12-9-16)32-24(33)20-14-18(25(27,28)29)10-13-21(20)26/h2-7,10,13-14,16,19,31H,1,8-9,11-12,15,30H2,(H,32,33)/b5-3-/t16-,19-. The summed E-state index contributed by atoms with van der Waals surface area (Å²) in [7, 11) is 0. The van der Waals surface area contributed by atoms with Crippen molar-refractivity contribution in [2.24, 2.45) is 5.92 Å². The first kappa shape index (κ1) is 24.7. The highest BCUT2D eigenvalue weighted by Crippen LogP contribution is 2.32. The van der Waals surface area contributed by atoms with E-state index in [-0.39, 0.29) is 16.6 Å². The van der Waals surface area contributed by atoms with Gasteiger partial charge in [0.1, 0.15) is 0 Å². The predicted molar refractivity (Wildman–Crippen MR) is 128 cm³/mol. The second-order valence-corrected chi connectivity index (χ2v) is 8.57. The molecule has 1 amide bonds. The van der Waals surface area contributed by atoms with Gasteiger partial charge in [-0.3, -0.25) is 4.79 Å². The molecule has 0 aliphatic heterocycles. The van der Waals surface area contributed by atoms with Crippen LogP contribution in [0.2, 0.25) is 5.02 Å². The summed E-state index contributed by atoms with van der Waals surface area (Å²) in [6.45, 7) is 4.41. The predicted octanol–water partition coefficient (Wildman–Crippen LogP) is 6.54. The molecule has 33 heavy (non-hydrogen) atoms. The summed E-state index contributed by atoms with van der Waals surface area (Å²) >= 11 is 5.98. The fraction of sp³-hybridized carbons (Fsp3) is 0.320. The van der Waals surface area contributed by atoms with Crippen molar-refractivity contribution in [3.8, 4) is 0 Å². The number of nitrogen functional groups attached to an aromatic ring is 1. The third-order valence-electron chi connectivity index (χ3n) is 5.85. The molecule has 0 unspecified atom stereocenters. The highest BCUT2D eigenvalue weighted by atomic mass is 35.5. The molecule has 8 heteroatoms. The van der Waals surface area contributed by atoms with E-state index < -0.39 is 17.6 Å². The Morgan fingerprint density at radius 3 is 2.58 bits per heavy atom. The zero-order valence-corrected chi connectivity index (χ0v) is 18.8. The van der Waals surface area contributed by atoms with E-state index >= 15 is 0 Å². The molecule has 176 valence electrons. The molecule has 4 nitrogen and oxygen atoms in total. The quantitative estimate of drug-likeness (QED) is 0.313. The summed E-state index contributed by atoms with van der Waals surface area (Å²) in [5.74, 6) is -0.174. The van der Waals surface area contributed by atoms with Crippen LogP contribution in [0.15, 0.2) is 55.1 Å². The largest absolute Gasteiger partial charge is 0.416 e. The van der Waals surface area contributed by atoms with Gasteiger partial charge in [-0.25, -0.2) is 0 Å². The van der Waals surface area contributed by atoms with Crippen molar-refractivity contribution in [2.45, 2.75) is 37.9 Å². The topological polar surface area (TPSA) is 67.1 Å². The second-order valence-electron chi connectivity index (χ2n) is 8.17. The molecule has 0 spiro atoms. The molecular weight excluding hydrogens is 451 g/mol. The van der Waals surface area contributed by atoms with Crippen molar-refractivity contribution in [1.29, 1.82) is 0 Å². The van der Waals surface area contributed by atoms with Gasteiger partial charge in [-0.2, -0.15) is 13.2 Å². The van der Waals surface area contributed by atoms with Crippen LogP contribution >= 0.6 is 11.6 Å². The minimum Gasteiger partial charge on any atom is -0.397 e. The molecule has 1 fully saturated rings. The van der Waals surface area contributed by atoms with E-state index in [1.807, 2.05) is 30.4 Å². The summed E-state index contributed by atoms with van der Waals surface area (Å²) in [5, 5.41) is 6.25. The van der Waals surface area contributed by atoms with E-state index in [4.69, 9.17) is 17.3 Å². The number of carbonyl (C=O) groups is 1. The van der Waals surface area contributed by atoms with Crippen LogP contribution < -0.4 is 16.4 Å². The Bertz CT molecular complexity index is 1030. The molecule has 0 atom stereocenters. The molecule has 2 aromatic carbocycles. The summed E-state index contributed by atoms with van der Waals surface area (Å²) in [5.41, 5.74) is 7.66. The number of allylic oxidation sites excluding steroid dienone is 2. The maximum absolute atomic E-state index is 13.0. The number of halogens is 4. The van der Waals surface area contributed by atoms with Gasteiger partial charge in [0.25, 0.3) is 5.91 Å². The van der Waals surface area contributed by atoms with Crippen LogP contribution in [-0.4, -0.2) is 18.5 Å². The molecular formula is C25H27ClF3N3O. The van der Waals surface area contributed by atoms with Crippen molar-refractivity contribution >= 4 is 35.0 Å². The zero-order chi connectivity index (χ0) is 24.0. The van der Waals surface area contributed by atoms with Crippen molar-refractivity contribution in [3.63, 3.8) is 0 Å². The Balaban J connectivity index is 1.52. The zero-order valence-electron chi connectivity index (χ0n) is 18.1. The van der Waals surface area contributed by atoms with E-state index in [0.717, 1.165) is 61.7 Å².